The Bertz CT molecular complexity index is 1280. The second kappa shape index (κ2) is 8.61. The minimum absolute atomic E-state index is 0.113. The van der Waals surface area contributed by atoms with Gasteiger partial charge in [0.1, 0.15) is 5.54 Å². The molecule has 3 aromatic rings. The number of likely N-dealkylation sites (tertiary alicyclic amines) is 1. The topological polar surface area (TPSA) is 86.9 Å². The van der Waals surface area contributed by atoms with Crippen molar-refractivity contribution in [2.45, 2.75) is 44.8 Å². The van der Waals surface area contributed by atoms with Crippen LogP contribution >= 0.6 is 0 Å². The van der Waals surface area contributed by atoms with Crippen LogP contribution in [0.25, 0.3) is 10.9 Å². The SMILES string of the molecule is CCC1(C2CCN(Cc3c[nH]c4ccccc34)CC2)NC(=O)N(Cc2ccc3c(c2)OCO3)C1=O. The summed E-state index contributed by atoms with van der Waals surface area (Å²) in [6.07, 6.45) is 4.43. The Hall–Kier alpha value is -3.52. The minimum Gasteiger partial charge on any atom is -0.454 e. The Morgan fingerprint density at radius 3 is 2.66 bits per heavy atom. The maximum absolute atomic E-state index is 13.7. The Labute approximate surface area is 204 Å². The molecule has 3 aliphatic heterocycles. The van der Waals surface area contributed by atoms with Gasteiger partial charge in [0.15, 0.2) is 11.5 Å². The molecule has 35 heavy (non-hydrogen) atoms. The molecule has 0 saturated carbocycles. The molecule has 0 aliphatic carbocycles. The molecule has 1 aromatic heterocycles. The summed E-state index contributed by atoms with van der Waals surface area (Å²) in [7, 11) is 0. The van der Waals surface area contributed by atoms with Gasteiger partial charge in [-0.15, -0.1) is 0 Å². The molecule has 2 aromatic carbocycles. The third-order valence-electron chi connectivity index (χ3n) is 7.89. The number of rotatable bonds is 6. The first-order valence-corrected chi connectivity index (χ1v) is 12.4. The number of ether oxygens (including phenoxy) is 2. The number of benzene rings is 2. The van der Waals surface area contributed by atoms with Crippen LogP contribution in [0.3, 0.4) is 0 Å². The van der Waals surface area contributed by atoms with Crippen LogP contribution < -0.4 is 14.8 Å². The molecular weight excluding hydrogens is 444 g/mol. The fourth-order valence-electron chi connectivity index (χ4n) is 5.90. The van der Waals surface area contributed by atoms with Gasteiger partial charge in [-0.3, -0.25) is 14.6 Å². The Morgan fingerprint density at radius 1 is 1.03 bits per heavy atom. The lowest BCUT2D eigenvalue weighted by atomic mass is 9.75. The number of hydrogen-bond donors (Lipinski definition) is 2. The largest absolute Gasteiger partial charge is 0.454 e. The minimum atomic E-state index is -0.833. The molecule has 6 rings (SSSR count). The highest BCUT2D eigenvalue weighted by molar-refractivity contribution is 6.07. The molecule has 0 spiro atoms. The number of urea groups is 1. The number of aromatic amines is 1. The standard InChI is InChI=1S/C27H30N4O4/c1-2-27(20-9-11-30(12-10-20)16-19-14-28-22-6-4-3-5-21(19)22)25(32)31(26(33)29-27)15-18-7-8-23-24(13-18)35-17-34-23/h3-8,13-14,20,28H,2,9-12,15-17H2,1H3,(H,29,33). The number of para-hydroxylation sites is 1. The van der Waals surface area contributed by atoms with Crippen LogP contribution in [0.15, 0.2) is 48.7 Å². The zero-order valence-corrected chi connectivity index (χ0v) is 19.9. The number of fused-ring (bicyclic) bond motifs is 2. The van der Waals surface area contributed by atoms with Crippen molar-refractivity contribution in [3.63, 3.8) is 0 Å². The van der Waals surface area contributed by atoms with Crippen LogP contribution in [0, 0.1) is 5.92 Å². The van der Waals surface area contributed by atoms with E-state index in [1.165, 1.54) is 15.8 Å². The first-order chi connectivity index (χ1) is 17.1. The van der Waals surface area contributed by atoms with Crippen molar-refractivity contribution in [1.82, 2.24) is 20.1 Å². The number of hydrogen-bond acceptors (Lipinski definition) is 5. The number of aromatic nitrogens is 1. The molecule has 8 heteroatoms. The van der Waals surface area contributed by atoms with Crippen molar-refractivity contribution in [3.8, 4) is 11.5 Å². The number of imide groups is 1. The van der Waals surface area contributed by atoms with Gasteiger partial charge in [0.2, 0.25) is 6.79 Å². The van der Waals surface area contributed by atoms with E-state index in [4.69, 9.17) is 9.47 Å². The van der Waals surface area contributed by atoms with E-state index in [1.54, 1.807) is 0 Å². The second-order valence-corrected chi connectivity index (χ2v) is 9.74. The van der Waals surface area contributed by atoms with Crippen molar-refractivity contribution < 1.29 is 19.1 Å². The average molecular weight is 475 g/mol. The summed E-state index contributed by atoms with van der Waals surface area (Å²) in [6, 6.07) is 13.6. The Balaban J connectivity index is 1.13. The number of nitrogens with one attached hydrogen (secondary N) is 2. The van der Waals surface area contributed by atoms with Crippen molar-refractivity contribution >= 4 is 22.8 Å². The van der Waals surface area contributed by atoms with Gasteiger partial charge in [0.05, 0.1) is 6.54 Å². The molecule has 0 bridgehead atoms. The number of carbonyl (C=O) groups excluding carboxylic acids is 2. The Morgan fingerprint density at radius 2 is 1.83 bits per heavy atom. The number of nitrogens with zero attached hydrogens (tertiary/aromatic N) is 2. The molecule has 2 fully saturated rings. The van der Waals surface area contributed by atoms with Crippen LogP contribution in [0.4, 0.5) is 4.79 Å². The number of piperidine rings is 1. The fourth-order valence-corrected chi connectivity index (χ4v) is 5.90. The summed E-state index contributed by atoms with van der Waals surface area (Å²) in [5, 5.41) is 4.36. The fraction of sp³-hybridized carbons (Fsp3) is 0.407. The summed E-state index contributed by atoms with van der Waals surface area (Å²) < 4.78 is 10.8. The zero-order chi connectivity index (χ0) is 24.0. The van der Waals surface area contributed by atoms with Gasteiger partial charge in [0.25, 0.3) is 5.91 Å². The van der Waals surface area contributed by atoms with E-state index in [1.807, 2.05) is 31.2 Å². The quantitative estimate of drug-likeness (QED) is 0.527. The third-order valence-corrected chi connectivity index (χ3v) is 7.89. The molecule has 8 nitrogen and oxygen atoms in total. The number of H-pyrrole nitrogens is 1. The van der Waals surface area contributed by atoms with Gasteiger partial charge in [-0.1, -0.05) is 31.2 Å². The predicted octanol–water partition coefficient (Wildman–Crippen LogP) is 4.01. The summed E-state index contributed by atoms with van der Waals surface area (Å²) in [5.74, 6) is 1.34. The van der Waals surface area contributed by atoms with Crippen molar-refractivity contribution in [3.05, 3.63) is 59.8 Å². The third kappa shape index (κ3) is 3.72. The van der Waals surface area contributed by atoms with E-state index in [9.17, 15) is 9.59 Å². The van der Waals surface area contributed by atoms with E-state index in [2.05, 4.69) is 39.6 Å². The first-order valence-electron chi connectivity index (χ1n) is 12.4. The highest BCUT2D eigenvalue weighted by Gasteiger charge is 2.54. The lowest BCUT2D eigenvalue weighted by Gasteiger charge is -2.40. The molecule has 1 atom stereocenters. The van der Waals surface area contributed by atoms with E-state index in [-0.39, 0.29) is 31.2 Å². The molecule has 3 aliphatic rings. The molecule has 2 N–H and O–H groups in total. The summed E-state index contributed by atoms with van der Waals surface area (Å²) in [4.78, 5) is 33.8. The van der Waals surface area contributed by atoms with Crippen molar-refractivity contribution in [2.75, 3.05) is 19.9 Å². The lowest BCUT2D eigenvalue weighted by Crippen LogP contribution is -2.55. The molecule has 2 saturated heterocycles. The van der Waals surface area contributed by atoms with Crippen LogP contribution in [0.2, 0.25) is 0 Å². The maximum Gasteiger partial charge on any atom is 0.325 e. The highest BCUT2D eigenvalue weighted by atomic mass is 16.7. The first kappa shape index (κ1) is 22.0. The van der Waals surface area contributed by atoms with Crippen molar-refractivity contribution in [1.29, 1.82) is 0 Å². The van der Waals surface area contributed by atoms with Gasteiger partial charge < -0.3 is 19.8 Å². The molecule has 182 valence electrons. The van der Waals surface area contributed by atoms with Gasteiger partial charge >= 0.3 is 6.03 Å². The van der Waals surface area contributed by atoms with Crippen LogP contribution in [0.5, 0.6) is 11.5 Å². The summed E-state index contributed by atoms with van der Waals surface area (Å²) in [6.45, 7) is 5.10. The lowest BCUT2D eigenvalue weighted by molar-refractivity contribution is -0.134. The monoisotopic (exact) mass is 474 g/mol. The van der Waals surface area contributed by atoms with Gasteiger partial charge in [-0.25, -0.2) is 4.79 Å². The van der Waals surface area contributed by atoms with E-state index >= 15 is 0 Å². The molecule has 0 radical (unpaired) electrons. The van der Waals surface area contributed by atoms with Gasteiger partial charge in [0, 0.05) is 23.6 Å². The molecule has 3 amide bonds. The van der Waals surface area contributed by atoms with Gasteiger partial charge in [-0.05, 0) is 67.6 Å². The zero-order valence-electron chi connectivity index (χ0n) is 19.9. The second-order valence-electron chi connectivity index (χ2n) is 9.74. The normalized spacial score (nSPS) is 22.8. The van der Waals surface area contributed by atoms with E-state index < -0.39 is 5.54 Å². The number of amides is 3. The Kier molecular flexibility index (Phi) is 5.40. The molecular formula is C27H30N4O4. The molecule has 1 unspecified atom stereocenters. The predicted molar refractivity (Wildman–Crippen MR) is 131 cm³/mol. The molecule has 4 heterocycles. The summed E-state index contributed by atoms with van der Waals surface area (Å²) in [5.41, 5.74) is 2.46. The van der Waals surface area contributed by atoms with Crippen LogP contribution in [-0.2, 0) is 17.9 Å². The van der Waals surface area contributed by atoms with Gasteiger partial charge in [-0.2, -0.15) is 0 Å². The highest BCUT2D eigenvalue weighted by Crippen LogP contribution is 2.38. The summed E-state index contributed by atoms with van der Waals surface area (Å²) >= 11 is 0. The van der Waals surface area contributed by atoms with E-state index in [0.29, 0.717) is 17.9 Å². The van der Waals surface area contributed by atoms with Crippen LogP contribution in [0.1, 0.15) is 37.3 Å². The van der Waals surface area contributed by atoms with E-state index in [0.717, 1.165) is 43.6 Å². The van der Waals surface area contributed by atoms with Crippen LogP contribution in [-0.4, -0.2) is 52.1 Å². The smallest absolute Gasteiger partial charge is 0.325 e. The maximum atomic E-state index is 13.7. The number of carbonyl (C=O) groups is 2. The van der Waals surface area contributed by atoms with Crippen molar-refractivity contribution in [2.24, 2.45) is 5.92 Å². The average Bonchev–Trinajstić information content (AvgIpc) is 3.58.